The molecule has 28 heavy (non-hydrogen) atoms. The smallest absolute Gasteiger partial charge is 0.250 e. The van der Waals surface area contributed by atoms with Crippen LogP contribution in [-0.2, 0) is 16.0 Å². The zero-order valence-corrected chi connectivity index (χ0v) is 16.5. The van der Waals surface area contributed by atoms with Crippen LogP contribution >= 0.6 is 0 Å². The standard InChI is InChI=1S/C23H31N3O2/c27-22(26-15-13-18-8-4-5-9-21(18)26)11-10-19(16-17-6-2-1-3-7-17)25-23(28)20-12-14-24-20/h4-5,8-11,17,19-20,24H,1-3,6-7,12-16H2,(H,25,28). The Hall–Kier alpha value is -2.14. The van der Waals surface area contributed by atoms with Crippen molar-refractivity contribution in [1.29, 1.82) is 0 Å². The average molecular weight is 382 g/mol. The third-order valence-electron chi connectivity index (χ3n) is 6.40. The van der Waals surface area contributed by atoms with E-state index >= 15 is 0 Å². The molecule has 5 nitrogen and oxygen atoms in total. The van der Waals surface area contributed by atoms with Gasteiger partial charge in [0.25, 0.3) is 5.91 Å². The largest absolute Gasteiger partial charge is 0.349 e. The van der Waals surface area contributed by atoms with Gasteiger partial charge in [0.1, 0.15) is 0 Å². The number of hydrogen-bond acceptors (Lipinski definition) is 3. The third kappa shape index (κ3) is 4.46. The summed E-state index contributed by atoms with van der Waals surface area (Å²) in [4.78, 5) is 27.1. The Morgan fingerprint density at radius 1 is 1.18 bits per heavy atom. The van der Waals surface area contributed by atoms with Crippen molar-refractivity contribution in [3.63, 3.8) is 0 Å². The van der Waals surface area contributed by atoms with E-state index in [4.69, 9.17) is 0 Å². The number of carbonyl (C=O) groups is 2. The van der Waals surface area contributed by atoms with Gasteiger partial charge in [0.05, 0.1) is 6.04 Å². The predicted octanol–water partition coefficient (Wildman–Crippen LogP) is 2.95. The van der Waals surface area contributed by atoms with Gasteiger partial charge >= 0.3 is 0 Å². The van der Waals surface area contributed by atoms with Crippen molar-refractivity contribution in [2.45, 2.75) is 63.5 Å². The first-order chi connectivity index (χ1) is 13.7. The first kappa shape index (κ1) is 19.2. The number of nitrogens with one attached hydrogen (secondary N) is 2. The van der Waals surface area contributed by atoms with Gasteiger partial charge in [-0.2, -0.15) is 0 Å². The summed E-state index contributed by atoms with van der Waals surface area (Å²) in [6.07, 6.45) is 12.7. The van der Waals surface area contributed by atoms with Crippen LogP contribution in [0.25, 0.3) is 0 Å². The first-order valence-electron chi connectivity index (χ1n) is 10.8. The Kier molecular flexibility index (Phi) is 6.10. The third-order valence-corrected chi connectivity index (χ3v) is 6.40. The number of para-hydroxylation sites is 1. The minimum absolute atomic E-state index is 0.00890. The van der Waals surface area contributed by atoms with E-state index in [-0.39, 0.29) is 23.9 Å². The summed E-state index contributed by atoms with van der Waals surface area (Å²) in [5, 5.41) is 6.34. The van der Waals surface area contributed by atoms with Crippen molar-refractivity contribution in [2.24, 2.45) is 5.92 Å². The topological polar surface area (TPSA) is 61.4 Å². The van der Waals surface area contributed by atoms with Crippen molar-refractivity contribution < 1.29 is 9.59 Å². The van der Waals surface area contributed by atoms with Gasteiger partial charge in [0.2, 0.25) is 5.91 Å². The minimum Gasteiger partial charge on any atom is -0.349 e. The highest BCUT2D eigenvalue weighted by Gasteiger charge is 2.27. The molecule has 2 heterocycles. The van der Waals surface area contributed by atoms with Gasteiger partial charge in [-0.3, -0.25) is 9.59 Å². The highest BCUT2D eigenvalue weighted by atomic mass is 16.2. The number of hydrogen-bond donors (Lipinski definition) is 2. The van der Waals surface area contributed by atoms with Crippen LogP contribution in [0.3, 0.4) is 0 Å². The van der Waals surface area contributed by atoms with E-state index in [0.717, 1.165) is 38.0 Å². The fourth-order valence-electron chi connectivity index (χ4n) is 4.62. The monoisotopic (exact) mass is 381 g/mol. The zero-order valence-electron chi connectivity index (χ0n) is 16.5. The molecular weight excluding hydrogens is 350 g/mol. The average Bonchev–Trinajstić information content (AvgIpc) is 3.09. The van der Waals surface area contributed by atoms with Gasteiger partial charge in [-0.25, -0.2) is 0 Å². The van der Waals surface area contributed by atoms with Crippen molar-refractivity contribution in [1.82, 2.24) is 10.6 Å². The Morgan fingerprint density at radius 3 is 2.71 bits per heavy atom. The van der Waals surface area contributed by atoms with Crippen molar-refractivity contribution in [3.05, 3.63) is 42.0 Å². The molecule has 3 aliphatic rings. The lowest BCUT2D eigenvalue weighted by Gasteiger charge is -2.30. The number of fused-ring (bicyclic) bond motifs is 1. The lowest BCUT2D eigenvalue weighted by Crippen LogP contribution is -2.55. The molecule has 2 amide bonds. The lowest BCUT2D eigenvalue weighted by molar-refractivity contribution is -0.125. The maximum absolute atomic E-state index is 12.8. The molecule has 4 rings (SSSR count). The van der Waals surface area contributed by atoms with Crippen molar-refractivity contribution in [3.8, 4) is 0 Å². The number of benzene rings is 1. The number of carbonyl (C=O) groups excluding carboxylic acids is 2. The molecule has 1 aromatic rings. The van der Waals surface area contributed by atoms with Gasteiger partial charge in [-0.1, -0.05) is 56.4 Å². The Bertz CT molecular complexity index is 735. The molecule has 2 N–H and O–H groups in total. The first-order valence-corrected chi connectivity index (χ1v) is 10.8. The molecule has 1 aromatic carbocycles. The molecule has 2 aliphatic heterocycles. The highest BCUT2D eigenvalue weighted by molar-refractivity contribution is 6.03. The number of amides is 2. The summed E-state index contributed by atoms with van der Waals surface area (Å²) in [5.74, 6) is 0.714. The van der Waals surface area contributed by atoms with Gasteiger partial charge < -0.3 is 15.5 Å². The van der Waals surface area contributed by atoms with Crippen LogP contribution in [-0.4, -0.2) is 37.0 Å². The molecule has 1 saturated heterocycles. The second-order valence-electron chi connectivity index (χ2n) is 8.38. The molecule has 5 heteroatoms. The summed E-state index contributed by atoms with van der Waals surface area (Å²) in [7, 11) is 0. The van der Waals surface area contributed by atoms with Crippen LogP contribution in [0.15, 0.2) is 36.4 Å². The second-order valence-corrected chi connectivity index (χ2v) is 8.38. The van der Waals surface area contributed by atoms with Crippen LogP contribution < -0.4 is 15.5 Å². The fraction of sp³-hybridized carbons (Fsp3) is 0.565. The molecule has 0 spiro atoms. The normalized spacial score (nSPS) is 23.3. The maximum Gasteiger partial charge on any atom is 0.250 e. The summed E-state index contributed by atoms with van der Waals surface area (Å²) in [6, 6.07) is 7.96. The number of rotatable bonds is 6. The van der Waals surface area contributed by atoms with Crippen LogP contribution in [0, 0.1) is 5.92 Å². The molecule has 1 aliphatic carbocycles. The molecular formula is C23H31N3O2. The summed E-state index contributed by atoms with van der Waals surface area (Å²) in [5.41, 5.74) is 2.25. The fourth-order valence-corrected chi connectivity index (χ4v) is 4.62. The molecule has 150 valence electrons. The number of anilines is 1. The highest BCUT2D eigenvalue weighted by Crippen LogP contribution is 2.29. The van der Waals surface area contributed by atoms with E-state index in [2.05, 4.69) is 16.7 Å². The van der Waals surface area contributed by atoms with Crippen molar-refractivity contribution >= 4 is 17.5 Å². The summed E-state index contributed by atoms with van der Waals surface area (Å²) < 4.78 is 0. The summed E-state index contributed by atoms with van der Waals surface area (Å²) >= 11 is 0. The Balaban J connectivity index is 1.41. The molecule has 1 saturated carbocycles. The molecule has 0 aromatic heterocycles. The van der Waals surface area contributed by atoms with Crippen LogP contribution in [0.5, 0.6) is 0 Å². The number of nitrogens with zero attached hydrogens (tertiary/aromatic N) is 1. The van der Waals surface area contributed by atoms with Gasteiger partial charge in [0.15, 0.2) is 0 Å². The molecule has 2 atom stereocenters. The SMILES string of the molecule is O=C(NC(C=CC(=O)N1CCc2ccccc21)CC1CCCCC1)C1CCN1. The van der Waals surface area contributed by atoms with E-state index in [9.17, 15) is 9.59 Å². The Labute approximate surface area is 167 Å². The van der Waals surface area contributed by atoms with E-state index < -0.39 is 0 Å². The predicted molar refractivity (Wildman–Crippen MR) is 111 cm³/mol. The van der Waals surface area contributed by atoms with E-state index in [1.807, 2.05) is 29.2 Å². The van der Waals surface area contributed by atoms with E-state index in [1.54, 1.807) is 6.08 Å². The van der Waals surface area contributed by atoms with Crippen LogP contribution in [0.2, 0.25) is 0 Å². The molecule has 0 radical (unpaired) electrons. The summed E-state index contributed by atoms with van der Waals surface area (Å²) in [6.45, 7) is 1.64. The van der Waals surface area contributed by atoms with Gasteiger partial charge in [0, 0.05) is 24.4 Å². The van der Waals surface area contributed by atoms with Crippen molar-refractivity contribution in [2.75, 3.05) is 18.0 Å². The maximum atomic E-state index is 12.8. The molecule has 2 fully saturated rings. The van der Waals surface area contributed by atoms with Gasteiger partial charge in [-0.15, -0.1) is 0 Å². The second kappa shape index (κ2) is 8.91. The molecule has 2 unspecified atom stereocenters. The van der Waals surface area contributed by atoms with Crippen LogP contribution in [0.1, 0.15) is 50.5 Å². The zero-order chi connectivity index (χ0) is 19.3. The van der Waals surface area contributed by atoms with Crippen LogP contribution in [0.4, 0.5) is 5.69 Å². The molecule has 0 bridgehead atoms. The van der Waals surface area contributed by atoms with E-state index in [1.165, 1.54) is 37.7 Å². The Morgan fingerprint density at radius 2 is 1.96 bits per heavy atom. The lowest BCUT2D eigenvalue weighted by atomic mass is 9.84. The minimum atomic E-state index is -0.0696. The quantitative estimate of drug-likeness (QED) is 0.745. The van der Waals surface area contributed by atoms with E-state index in [0.29, 0.717) is 5.92 Å². The van der Waals surface area contributed by atoms with Gasteiger partial charge in [-0.05, 0) is 43.4 Å².